The average Bonchev–Trinajstić information content (AvgIpc) is 3.36. The standard InChI is InChI=1S/C22H17ClN4O4/c23-16-5-3-4-15(12-16)8-9-20-25-14-21(27(29)30)26(20)10-11-31-22(28)18-13-24-19-7-2-1-6-17(18)19/h1-9,12-14,24H,10-11H2/b9-8+. The zero-order valence-corrected chi connectivity index (χ0v) is 17.0. The number of carbonyl (C=O) groups is 1. The van der Waals surface area contributed by atoms with Crippen molar-refractivity contribution in [3.63, 3.8) is 0 Å². The number of nitro groups is 1. The van der Waals surface area contributed by atoms with Gasteiger partial charge in [0, 0.05) is 28.2 Å². The first kappa shape index (κ1) is 20.4. The summed E-state index contributed by atoms with van der Waals surface area (Å²) in [5.41, 5.74) is 2.07. The minimum Gasteiger partial charge on any atom is -0.458 e. The van der Waals surface area contributed by atoms with E-state index in [1.54, 1.807) is 36.5 Å². The summed E-state index contributed by atoms with van der Waals surface area (Å²) in [6, 6.07) is 14.6. The Kier molecular flexibility index (Phi) is 5.81. The molecule has 2 heterocycles. The number of halogens is 1. The molecule has 0 aliphatic carbocycles. The van der Waals surface area contributed by atoms with Gasteiger partial charge in [-0.1, -0.05) is 41.9 Å². The highest BCUT2D eigenvalue weighted by Gasteiger charge is 2.20. The molecule has 0 saturated carbocycles. The summed E-state index contributed by atoms with van der Waals surface area (Å²) in [6.45, 7) is 0.0349. The van der Waals surface area contributed by atoms with Crippen molar-refractivity contribution in [1.29, 1.82) is 0 Å². The molecule has 4 aromatic rings. The van der Waals surface area contributed by atoms with E-state index >= 15 is 0 Å². The molecule has 2 aromatic carbocycles. The third kappa shape index (κ3) is 4.49. The number of carbonyl (C=O) groups excluding carboxylic acids is 1. The summed E-state index contributed by atoms with van der Waals surface area (Å²) in [5, 5.41) is 12.7. The number of fused-ring (bicyclic) bond motifs is 1. The van der Waals surface area contributed by atoms with Gasteiger partial charge in [0.1, 0.15) is 19.3 Å². The summed E-state index contributed by atoms with van der Waals surface area (Å²) in [6.07, 6.45) is 6.18. The predicted molar refractivity (Wildman–Crippen MR) is 118 cm³/mol. The highest BCUT2D eigenvalue weighted by atomic mass is 35.5. The molecule has 0 radical (unpaired) electrons. The van der Waals surface area contributed by atoms with Gasteiger partial charge in [0.2, 0.25) is 5.82 Å². The van der Waals surface area contributed by atoms with Gasteiger partial charge < -0.3 is 19.8 Å². The summed E-state index contributed by atoms with van der Waals surface area (Å²) in [4.78, 5) is 30.5. The Morgan fingerprint density at radius 3 is 2.87 bits per heavy atom. The van der Waals surface area contributed by atoms with E-state index in [1.165, 1.54) is 10.8 Å². The molecule has 0 aliphatic rings. The smallest absolute Gasteiger partial charge is 0.343 e. The number of nitrogens with zero attached hydrogens (tertiary/aromatic N) is 3. The largest absolute Gasteiger partial charge is 0.458 e. The van der Waals surface area contributed by atoms with Gasteiger partial charge in [-0.2, -0.15) is 0 Å². The Morgan fingerprint density at radius 2 is 2.06 bits per heavy atom. The van der Waals surface area contributed by atoms with E-state index in [4.69, 9.17) is 16.3 Å². The van der Waals surface area contributed by atoms with Crippen LogP contribution in [0.2, 0.25) is 5.02 Å². The van der Waals surface area contributed by atoms with Crippen LogP contribution in [0.3, 0.4) is 0 Å². The van der Waals surface area contributed by atoms with Gasteiger partial charge in [-0.25, -0.2) is 14.3 Å². The number of benzene rings is 2. The number of rotatable bonds is 7. The van der Waals surface area contributed by atoms with E-state index < -0.39 is 10.9 Å². The average molecular weight is 437 g/mol. The topological polar surface area (TPSA) is 103 Å². The fraction of sp³-hybridized carbons (Fsp3) is 0.0909. The fourth-order valence-electron chi connectivity index (χ4n) is 3.22. The number of nitrogens with one attached hydrogen (secondary N) is 1. The van der Waals surface area contributed by atoms with E-state index in [1.807, 2.05) is 30.3 Å². The maximum absolute atomic E-state index is 12.5. The second-order valence-corrected chi connectivity index (χ2v) is 7.09. The van der Waals surface area contributed by atoms with Crippen LogP contribution in [-0.2, 0) is 11.3 Å². The van der Waals surface area contributed by atoms with E-state index in [-0.39, 0.29) is 19.0 Å². The van der Waals surface area contributed by atoms with Crippen LogP contribution in [0.5, 0.6) is 0 Å². The van der Waals surface area contributed by atoms with Gasteiger partial charge in [0.05, 0.1) is 5.56 Å². The van der Waals surface area contributed by atoms with Crippen LogP contribution in [0.4, 0.5) is 5.82 Å². The Balaban J connectivity index is 1.49. The Labute approximate surface area is 181 Å². The summed E-state index contributed by atoms with van der Waals surface area (Å²) in [5.74, 6) is -0.319. The third-order valence-corrected chi connectivity index (χ3v) is 4.92. The highest BCUT2D eigenvalue weighted by Crippen LogP contribution is 2.20. The number of imidazole rings is 1. The van der Waals surface area contributed by atoms with Gasteiger partial charge in [-0.3, -0.25) is 0 Å². The quantitative estimate of drug-likeness (QED) is 0.251. The first-order chi connectivity index (χ1) is 15.0. The van der Waals surface area contributed by atoms with Gasteiger partial charge in [0.25, 0.3) is 0 Å². The van der Waals surface area contributed by atoms with Gasteiger partial charge in [-0.15, -0.1) is 0 Å². The molecular formula is C22H17ClN4O4. The molecule has 0 spiro atoms. The number of H-pyrrole nitrogens is 1. The molecule has 0 bridgehead atoms. The van der Waals surface area contributed by atoms with E-state index in [0.29, 0.717) is 16.4 Å². The SMILES string of the molecule is O=C(OCCn1c([N+](=O)[O-])cnc1/C=C/c1cccc(Cl)c1)c1c[nH]c2ccccc12. The fourth-order valence-corrected chi connectivity index (χ4v) is 3.42. The van der Waals surface area contributed by atoms with Crippen LogP contribution in [-0.4, -0.2) is 32.0 Å². The normalized spacial score (nSPS) is 11.3. The van der Waals surface area contributed by atoms with Crippen molar-refractivity contribution in [1.82, 2.24) is 14.5 Å². The number of esters is 1. The van der Waals surface area contributed by atoms with E-state index in [9.17, 15) is 14.9 Å². The molecule has 4 rings (SSSR count). The van der Waals surface area contributed by atoms with Crippen molar-refractivity contribution in [2.45, 2.75) is 6.54 Å². The number of aromatic nitrogens is 3. The van der Waals surface area contributed by atoms with Crippen LogP contribution in [0.15, 0.2) is 60.9 Å². The summed E-state index contributed by atoms with van der Waals surface area (Å²) in [7, 11) is 0. The molecule has 0 amide bonds. The molecule has 31 heavy (non-hydrogen) atoms. The Morgan fingerprint density at radius 1 is 1.23 bits per heavy atom. The molecule has 156 valence electrons. The summed E-state index contributed by atoms with van der Waals surface area (Å²) < 4.78 is 6.76. The van der Waals surface area contributed by atoms with Gasteiger partial charge in [-0.05, 0) is 34.8 Å². The lowest BCUT2D eigenvalue weighted by molar-refractivity contribution is -0.392. The Hall–Kier alpha value is -3.91. The first-order valence-electron chi connectivity index (χ1n) is 9.40. The molecular weight excluding hydrogens is 420 g/mol. The van der Waals surface area contributed by atoms with Gasteiger partial charge in [0.15, 0.2) is 0 Å². The lowest BCUT2D eigenvalue weighted by Crippen LogP contribution is -2.13. The van der Waals surface area contributed by atoms with Crippen LogP contribution in [0.1, 0.15) is 21.7 Å². The van der Waals surface area contributed by atoms with Crippen molar-refractivity contribution in [2.75, 3.05) is 6.61 Å². The van der Waals surface area contributed by atoms with Crippen LogP contribution in [0.25, 0.3) is 23.1 Å². The highest BCUT2D eigenvalue weighted by molar-refractivity contribution is 6.30. The number of para-hydroxylation sites is 1. The predicted octanol–water partition coefficient (Wildman–Crippen LogP) is 4.95. The molecule has 8 nitrogen and oxygen atoms in total. The molecule has 0 atom stereocenters. The van der Waals surface area contributed by atoms with E-state index in [0.717, 1.165) is 16.5 Å². The Bertz CT molecular complexity index is 1290. The molecule has 0 saturated heterocycles. The minimum atomic E-state index is -0.523. The first-order valence-corrected chi connectivity index (χ1v) is 9.77. The van der Waals surface area contributed by atoms with Crippen molar-refractivity contribution in [3.05, 3.63) is 93.0 Å². The maximum Gasteiger partial charge on any atom is 0.343 e. The molecule has 9 heteroatoms. The molecule has 0 aliphatic heterocycles. The number of ether oxygens (including phenoxy) is 1. The lowest BCUT2D eigenvalue weighted by Gasteiger charge is -2.05. The van der Waals surface area contributed by atoms with Crippen LogP contribution in [0, 0.1) is 10.1 Å². The maximum atomic E-state index is 12.5. The number of hydrogen-bond donors (Lipinski definition) is 1. The molecule has 0 unspecified atom stereocenters. The van der Waals surface area contributed by atoms with Crippen molar-refractivity contribution in [3.8, 4) is 0 Å². The zero-order valence-electron chi connectivity index (χ0n) is 16.2. The van der Waals surface area contributed by atoms with Crippen LogP contribution >= 0.6 is 11.6 Å². The van der Waals surface area contributed by atoms with Crippen molar-refractivity contribution >= 4 is 46.4 Å². The zero-order chi connectivity index (χ0) is 21.8. The summed E-state index contributed by atoms with van der Waals surface area (Å²) >= 11 is 5.99. The van der Waals surface area contributed by atoms with Crippen molar-refractivity contribution < 1.29 is 14.5 Å². The second kappa shape index (κ2) is 8.85. The van der Waals surface area contributed by atoms with Crippen molar-refractivity contribution in [2.24, 2.45) is 0 Å². The van der Waals surface area contributed by atoms with Gasteiger partial charge >= 0.3 is 11.8 Å². The third-order valence-electron chi connectivity index (χ3n) is 4.68. The van der Waals surface area contributed by atoms with E-state index in [2.05, 4.69) is 9.97 Å². The second-order valence-electron chi connectivity index (χ2n) is 6.66. The number of aromatic amines is 1. The molecule has 0 fully saturated rings. The molecule has 1 N–H and O–H groups in total. The monoisotopic (exact) mass is 436 g/mol. The van der Waals surface area contributed by atoms with Crippen LogP contribution < -0.4 is 0 Å². The number of hydrogen-bond acceptors (Lipinski definition) is 5. The minimum absolute atomic E-state index is 0.0481. The molecule has 2 aromatic heterocycles. The lowest BCUT2D eigenvalue weighted by atomic mass is 10.2.